The van der Waals surface area contributed by atoms with Gasteiger partial charge < -0.3 is 11.1 Å². The van der Waals surface area contributed by atoms with Crippen LogP contribution in [-0.4, -0.2) is 29.5 Å². The number of hydrogen-bond donors (Lipinski definition) is 2. The molecule has 1 aliphatic carbocycles. The molecule has 0 aromatic heterocycles. The highest BCUT2D eigenvalue weighted by molar-refractivity contribution is 7.99. The molecular formula is C10H20N2OS. The maximum absolute atomic E-state index is 11.3. The van der Waals surface area contributed by atoms with Crippen LogP contribution in [0.15, 0.2) is 0 Å². The lowest BCUT2D eigenvalue weighted by Crippen LogP contribution is -2.45. The molecule has 1 atom stereocenters. The van der Waals surface area contributed by atoms with Crippen LogP contribution in [0.5, 0.6) is 0 Å². The molecule has 1 fully saturated rings. The Labute approximate surface area is 90.2 Å². The highest BCUT2D eigenvalue weighted by Crippen LogP contribution is 2.26. The molecule has 0 spiro atoms. The minimum absolute atomic E-state index is 0.0161. The quantitative estimate of drug-likeness (QED) is 0.743. The predicted molar refractivity (Wildman–Crippen MR) is 61.4 cm³/mol. The van der Waals surface area contributed by atoms with Gasteiger partial charge in [-0.05, 0) is 38.9 Å². The molecule has 1 amide bonds. The summed E-state index contributed by atoms with van der Waals surface area (Å²) in [6.07, 6.45) is 6.79. The molecule has 14 heavy (non-hydrogen) atoms. The maximum Gasteiger partial charge on any atom is 0.236 e. The molecule has 1 aliphatic rings. The SMILES string of the molecule is CSC1CCC(NC(=O)[C@@H](C)N)CC1. The number of carbonyl (C=O) groups is 1. The topological polar surface area (TPSA) is 55.1 Å². The first-order valence-electron chi connectivity index (χ1n) is 5.22. The van der Waals surface area contributed by atoms with E-state index in [-0.39, 0.29) is 11.9 Å². The Balaban J connectivity index is 2.25. The van der Waals surface area contributed by atoms with Crippen molar-refractivity contribution >= 4 is 17.7 Å². The molecule has 1 rings (SSSR count). The number of nitrogens with one attached hydrogen (secondary N) is 1. The summed E-state index contributed by atoms with van der Waals surface area (Å²) < 4.78 is 0. The minimum Gasteiger partial charge on any atom is -0.352 e. The van der Waals surface area contributed by atoms with Crippen LogP contribution in [0.25, 0.3) is 0 Å². The summed E-state index contributed by atoms with van der Waals surface area (Å²) in [4.78, 5) is 11.3. The van der Waals surface area contributed by atoms with Gasteiger partial charge in [-0.15, -0.1) is 0 Å². The van der Waals surface area contributed by atoms with Crippen molar-refractivity contribution in [3.8, 4) is 0 Å². The average Bonchev–Trinajstić information content (AvgIpc) is 2.19. The average molecular weight is 216 g/mol. The predicted octanol–water partition coefficient (Wildman–Crippen LogP) is 1.12. The summed E-state index contributed by atoms with van der Waals surface area (Å²) >= 11 is 1.94. The fraction of sp³-hybridized carbons (Fsp3) is 0.900. The van der Waals surface area contributed by atoms with Gasteiger partial charge >= 0.3 is 0 Å². The van der Waals surface area contributed by atoms with Gasteiger partial charge in [0.2, 0.25) is 5.91 Å². The van der Waals surface area contributed by atoms with Crippen LogP contribution in [0.4, 0.5) is 0 Å². The van der Waals surface area contributed by atoms with Crippen LogP contribution in [0.2, 0.25) is 0 Å². The Morgan fingerprint density at radius 2 is 2.00 bits per heavy atom. The second-order valence-corrected chi connectivity index (χ2v) is 5.14. The van der Waals surface area contributed by atoms with E-state index in [1.54, 1.807) is 6.92 Å². The molecule has 0 bridgehead atoms. The Hall–Kier alpha value is -0.220. The van der Waals surface area contributed by atoms with Crippen LogP contribution in [0.3, 0.4) is 0 Å². The van der Waals surface area contributed by atoms with Crippen molar-refractivity contribution < 1.29 is 4.79 Å². The van der Waals surface area contributed by atoms with Gasteiger partial charge in [0.15, 0.2) is 0 Å². The van der Waals surface area contributed by atoms with Crippen molar-refractivity contribution in [1.82, 2.24) is 5.32 Å². The molecule has 1 saturated carbocycles. The Morgan fingerprint density at radius 1 is 1.43 bits per heavy atom. The number of carbonyl (C=O) groups excluding carboxylic acids is 1. The molecule has 0 unspecified atom stereocenters. The van der Waals surface area contributed by atoms with Crippen molar-refractivity contribution in [2.24, 2.45) is 5.73 Å². The molecule has 3 N–H and O–H groups in total. The monoisotopic (exact) mass is 216 g/mol. The molecule has 0 radical (unpaired) electrons. The molecule has 82 valence electrons. The molecule has 3 nitrogen and oxygen atoms in total. The van der Waals surface area contributed by atoms with Gasteiger partial charge in [0.25, 0.3) is 0 Å². The van der Waals surface area contributed by atoms with E-state index < -0.39 is 0 Å². The zero-order valence-electron chi connectivity index (χ0n) is 8.95. The van der Waals surface area contributed by atoms with Crippen LogP contribution in [-0.2, 0) is 4.79 Å². The van der Waals surface area contributed by atoms with E-state index in [2.05, 4.69) is 11.6 Å². The van der Waals surface area contributed by atoms with Crippen molar-refractivity contribution in [3.63, 3.8) is 0 Å². The van der Waals surface area contributed by atoms with Crippen LogP contribution in [0, 0.1) is 0 Å². The Bertz CT molecular complexity index is 189. The van der Waals surface area contributed by atoms with Gasteiger partial charge in [-0.3, -0.25) is 4.79 Å². The summed E-state index contributed by atoms with van der Waals surface area (Å²) in [6, 6.07) is -0.0230. The smallest absolute Gasteiger partial charge is 0.236 e. The van der Waals surface area contributed by atoms with E-state index >= 15 is 0 Å². The van der Waals surface area contributed by atoms with Gasteiger partial charge in [-0.1, -0.05) is 0 Å². The molecule has 0 aromatic rings. The number of amides is 1. The zero-order valence-corrected chi connectivity index (χ0v) is 9.77. The lowest BCUT2D eigenvalue weighted by atomic mass is 9.95. The lowest BCUT2D eigenvalue weighted by molar-refractivity contribution is -0.122. The summed E-state index contributed by atoms with van der Waals surface area (Å²) in [5, 5.41) is 3.78. The Morgan fingerprint density at radius 3 is 2.43 bits per heavy atom. The van der Waals surface area contributed by atoms with E-state index in [0.29, 0.717) is 6.04 Å². The molecule has 4 heteroatoms. The van der Waals surface area contributed by atoms with Crippen molar-refractivity contribution in [2.75, 3.05) is 6.26 Å². The largest absolute Gasteiger partial charge is 0.352 e. The summed E-state index contributed by atoms with van der Waals surface area (Å²) in [5.41, 5.74) is 5.49. The Kier molecular flexibility index (Phi) is 4.75. The number of nitrogens with two attached hydrogens (primary N) is 1. The molecule has 0 saturated heterocycles. The van der Waals surface area contributed by atoms with Crippen molar-refractivity contribution in [2.45, 2.75) is 49.9 Å². The van der Waals surface area contributed by atoms with E-state index in [4.69, 9.17) is 5.73 Å². The first-order chi connectivity index (χ1) is 6.63. The first kappa shape index (κ1) is 11.9. The molecular weight excluding hydrogens is 196 g/mol. The van der Waals surface area contributed by atoms with E-state index in [9.17, 15) is 4.79 Å². The van der Waals surface area contributed by atoms with Crippen LogP contribution < -0.4 is 11.1 Å². The highest BCUT2D eigenvalue weighted by atomic mass is 32.2. The fourth-order valence-corrected chi connectivity index (χ4v) is 2.52. The van der Waals surface area contributed by atoms with E-state index in [1.807, 2.05) is 11.8 Å². The highest BCUT2D eigenvalue weighted by Gasteiger charge is 2.22. The van der Waals surface area contributed by atoms with Crippen LogP contribution in [0.1, 0.15) is 32.6 Å². The van der Waals surface area contributed by atoms with Gasteiger partial charge in [-0.25, -0.2) is 0 Å². The minimum atomic E-state index is -0.381. The molecule has 0 heterocycles. The number of rotatable bonds is 3. The third kappa shape index (κ3) is 3.50. The third-order valence-electron chi connectivity index (χ3n) is 2.77. The molecule has 0 aromatic carbocycles. The van der Waals surface area contributed by atoms with Crippen molar-refractivity contribution in [1.29, 1.82) is 0 Å². The standard InChI is InChI=1S/C10H20N2OS/c1-7(11)10(13)12-8-3-5-9(14-2)6-4-8/h7-9H,3-6,11H2,1-2H3,(H,12,13)/t7-,8?,9?/m1/s1. The van der Waals surface area contributed by atoms with Crippen molar-refractivity contribution in [3.05, 3.63) is 0 Å². The second kappa shape index (κ2) is 5.61. The van der Waals surface area contributed by atoms with Gasteiger partial charge in [-0.2, -0.15) is 11.8 Å². The van der Waals surface area contributed by atoms with Gasteiger partial charge in [0.1, 0.15) is 0 Å². The summed E-state index contributed by atoms with van der Waals surface area (Å²) in [5.74, 6) is -0.0161. The first-order valence-corrected chi connectivity index (χ1v) is 6.51. The van der Waals surface area contributed by atoms with Gasteiger partial charge in [0, 0.05) is 11.3 Å². The lowest BCUT2D eigenvalue weighted by Gasteiger charge is -2.28. The summed E-state index contributed by atoms with van der Waals surface area (Å²) in [6.45, 7) is 1.73. The number of hydrogen-bond acceptors (Lipinski definition) is 3. The second-order valence-electron chi connectivity index (χ2n) is 4.01. The molecule has 0 aliphatic heterocycles. The van der Waals surface area contributed by atoms with Crippen LogP contribution >= 0.6 is 11.8 Å². The fourth-order valence-electron chi connectivity index (χ4n) is 1.78. The normalized spacial score (nSPS) is 29.6. The zero-order chi connectivity index (χ0) is 10.6. The third-order valence-corrected chi connectivity index (χ3v) is 3.91. The summed E-state index contributed by atoms with van der Waals surface area (Å²) in [7, 11) is 0. The van der Waals surface area contributed by atoms with E-state index in [1.165, 1.54) is 12.8 Å². The maximum atomic E-state index is 11.3. The van der Waals surface area contributed by atoms with Gasteiger partial charge in [0.05, 0.1) is 6.04 Å². The number of thioether (sulfide) groups is 1. The van der Waals surface area contributed by atoms with E-state index in [0.717, 1.165) is 18.1 Å².